The number of hydrogen-bond donors (Lipinski definition) is 1. The molecule has 25 heavy (non-hydrogen) atoms. The van der Waals surface area contributed by atoms with Crippen LogP contribution < -0.4 is 5.14 Å². The summed E-state index contributed by atoms with van der Waals surface area (Å²) in [6.45, 7) is 2.03. The number of aromatic nitrogens is 2. The topological polar surface area (TPSA) is 99.1 Å². The van der Waals surface area contributed by atoms with Crippen LogP contribution in [0.4, 0.5) is 0 Å². The van der Waals surface area contributed by atoms with Gasteiger partial charge in [-0.1, -0.05) is 47.1 Å². The minimum Gasteiger partial charge on any atom is -0.339 e. The van der Waals surface area contributed by atoms with Crippen molar-refractivity contribution in [2.75, 3.05) is 0 Å². The molecule has 0 saturated heterocycles. The summed E-state index contributed by atoms with van der Waals surface area (Å²) in [5.74, 6) is 1.65. The first-order valence-corrected chi connectivity index (χ1v) is 9.50. The second-order valence-electron chi connectivity index (χ2n) is 6.38. The third kappa shape index (κ3) is 3.20. The van der Waals surface area contributed by atoms with E-state index in [2.05, 4.69) is 10.1 Å². The van der Waals surface area contributed by atoms with Gasteiger partial charge in [-0.15, -0.1) is 0 Å². The molecular weight excluding hydrogens is 338 g/mol. The van der Waals surface area contributed by atoms with E-state index < -0.39 is 10.0 Å². The average molecular weight is 355 g/mol. The van der Waals surface area contributed by atoms with Gasteiger partial charge in [0.25, 0.3) is 0 Å². The Morgan fingerprint density at radius 1 is 1.04 bits per heavy atom. The molecule has 1 aromatic heterocycles. The Kier molecular flexibility index (Phi) is 3.70. The van der Waals surface area contributed by atoms with E-state index in [-0.39, 0.29) is 16.7 Å². The molecule has 2 atom stereocenters. The Labute approximate surface area is 145 Å². The van der Waals surface area contributed by atoms with Gasteiger partial charge in [0.15, 0.2) is 0 Å². The molecule has 1 heterocycles. The summed E-state index contributed by atoms with van der Waals surface area (Å²) >= 11 is 0. The third-order valence-corrected chi connectivity index (χ3v) is 5.43. The minimum absolute atomic E-state index is 0.118. The molecule has 0 unspecified atom stereocenters. The smallest absolute Gasteiger partial charge is 0.238 e. The molecule has 0 radical (unpaired) electrons. The summed E-state index contributed by atoms with van der Waals surface area (Å²) in [7, 11) is -3.66. The summed E-state index contributed by atoms with van der Waals surface area (Å²) in [6.07, 6.45) is 0.907. The molecule has 3 aromatic rings. The highest BCUT2D eigenvalue weighted by Crippen LogP contribution is 2.54. The molecule has 0 amide bonds. The lowest BCUT2D eigenvalue weighted by Gasteiger charge is -2.01. The van der Waals surface area contributed by atoms with Crippen LogP contribution in [0.2, 0.25) is 0 Å². The van der Waals surface area contributed by atoms with Crippen molar-refractivity contribution in [3.05, 3.63) is 65.5 Å². The van der Waals surface area contributed by atoms with E-state index >= 15 is 0 Å². The minimum atomic E-state index is -3.66. The molecule has 6 nitrogen and oxygen atoms in total. The molecule has 2 N–H and O–H groups in total. The molecule has 0 aliphatic heterocycles. The second-order valence-corrected chi connectivity index (χ2v) is 7.95. The number of rotatable bonds is 4. The summed E-state index contributed by atoms with van der Waals surface area (Å²) in [5.41, 5.74) is 3.15. The van der Waals surface area contributed by atoms with Crippen LogP contribution in [0.1, 0.15) is 35.3 Å². The van der Waals surface area contributed by atoms with Crippen molar-refractivity contribution in [3.8, 4) is 11.4 Å². The van der Waals surface area contributed by atoms with Crippen LogP contribution >= 0.6 is 0 Å². The molecule has 4 rings (SSSR count). The SMILES string of the molecule is Cc1ccc(-c2noc([C@@H]3C[C@H]3c3ccc(S(N)(=O)=O)cc3)n2)cc1. The van der Waals surface area contributed by atoms with Crippen LogP contribution in [0.5, 0.6) is 0 Å². The van der Waals surface area contributed by atoms with Gasteiger partial charge >= 0.3 is 0 Å². The van der Waals surface area contributed by atoms with Crippen LogP contribution in [0, 0.1) is 6.92 Å². The lowest BCUT2D eigenvalue weighted by molar-refractivity contribution is 0.378. The molecule has 1 aliphatic carbocycles. The molecular formula is C18H17N3O3S. The maximum Gasteiger partial charge on any atom is 0.238 e. The van der Waals surface area contributed by atoms with Crippen molar-refractivity contribution >= 4 is 10.0 Å². The van der Waals surface area contributed by atoms with Crippen LogP contribution in [0.15, 0.2) is 57.9 Å². The molecule has 1 aliphatic rings. The second kappa shape index (κ2) is 5.79. The monoisotopic (exact) mass is 355 g/mol. The fraction of sp³-hybridized carbons (Fsp3) is 0.222. The number of benzene rings is 2. The predicted molar refractivity (Wildman–Crippen MR) is 92.4 cm³/mol. The van der Waals surface area contributed by atoms with Crippen molar-refractivity contribution in [2.45, 2.75) is 30.1 Å². The predicted octanol–water partition coefficient (Wildman–Crippen LogP) is 2.96. The number of nitrogens with two attached hydrogens (primary N) is 1. The normalized spacial score (nSPS) is 19.8. The molecule has 0 bridgehead atoms. The first kappa shape index (κ1) is 16.0. The summed E-state index contributed by atoms with van der Waals surface area (Å²) < 4.78 is 28.1. The van der Waals surface area contributed by atoms with Crippen molar-refractivity contribution in [1.29, 1.82) is 0 Å². The fourth-order valence-electron chi connectivity index (χ4n) is 2.95. The number of nitrogens with zero attached hydrogens (tertiary/aromatic N) is 2. The number of primary sulfonamides is 1. The Morgan fingerprint density at radius 2 is 1.72 bits per heavy atom. The lowest BCUT2D eigenvalue weighted by atomic mass is 10.1. The van der Waals surface area contributed by atoms with Crippen molar-refractivity contribution in [3.63, 3.8) is 0 Å². The van der Waals surface area contributed by atoms with Crippen molar-refractivity contribution in [2.24, 2.45) is 5.14 Å². The van der Waals surface area contributed by atoms with Gasteiger partial charge in [-0.05, 0) is 37.0 Å². The van der Waals surface area contributed by atoms with Crippen LogP contribution in [-0.4, -0.2) is 18.6 Å². The first-order valence-electron chi connectivity index (χ1n) is 7.95. The van der Waals surface area contributed by atoms with Crippen LogP contribution in [-0.2, 0) is 10.0 Å². The highest BCUT2D eigenvalue weighted by Gasteiger charge is 2.43. The maximum absolute atomic E-state index is 11.3. The van der Waals surface area contributed by atoms with Gasteiger partial charge in [-0.3, -0.25) is 0 Å². The third-order valence-electron chi connectivity index (χ3n) is 4.50. The standard InChI is InChI=1S/C18H17N3O3S/c1-11-2-4-13(5-3-11)17-20-18(24-21-17)16-10-15(16)12-6-8-14(9-7-12)25(19,22)23/h2-9,15-16H,10H2,1H3,(H2,19,22,23)/t15-,16+/m0/s1. The molecule has 128 valence electrons. The van der Waals surface area contributed by atoms with Crippen LogP contribution in [0.3, 0.4) is 0 Å². The zero-order valence-corrected chi connectivity index (χ0v) is 14.4. The summed E-state index contributed by atoms with van der Waals surface area (Å²) in [5, 5.41) is 9.19. The van der Waals surface area contributed by atoms with Crippen molar-refractivity contribution in [1.82, 2.24) is 10.1 Å². The van der Waals surface area contributed by atoms with E-state index in [0.717, 1.165) is 17.5 Å². The number of sulfonamides is 1. The van der Waals surface area contributed by atoms with Gasteiger partial charge < -0.3 is 4.52 Å². The Hall–Kier alpha value is -2.51. The van der Waals surface area contributed by atoms with E-state index in [1.807, 2.05) is 31.2 Å². The number of hydrogen-bond acceptors (Lipinski definition) is 5. The summed E-state index contributed by atoms with van der Waals surface area (Å²) in [4.78, 5) is 4.63. The summed E-state index contributed by atoms with van der Waals surface area (Å²) in [6, 6.07) is 14.6. The fourth-order valence-corrected chi connectivity index (χ4v) is 3.46. The zero-order chi connectivity index (χ0) is 17.6. The Balaban J connectivity index is 1.51. The van der Waals surface area contributed by atoms with Gasteiger partial charge in [0.05, 0.1) is 4.90 Å². The van der Waals surface area contributed by atoms with Gasteiger partial charge in [0.2, 0.25) is 21.7 Å². The van der Waals surface area contributed by atoms with Crippen LogP contribution in [0.25, 0.3) is 11.4 Å². The van der Waals surface area contributed by atoms with Gasteiger partial charge in [0, 0.05) is 11.5 Å². The molecule has 7 heteroatoms. The Bertz CT molecular complexity index is 1010. The van der Waals surface area contributed by atoms with E-state index in [0.29, 0.717) is 11.7 Å². The first-order chi connectivity index (χ1) is 11.9. The van der Waals surface area contributed by atoms with Crippen molar-refractivity contribution < 1.29 is 12.9 Å². The number of aryl methyl sites for hydroxylation is 1. The Morgan fingerprint density at radius 3 is 2.36 bits per heavy atom. The van der Waals surface area contributed by atoms with E-state index in [1.165, 1.54) is 17.7 Å². The van der Waals surface area contributed by atoms with E-state index in [4.69, 9.17) is 9.66 Å². The molecule has 2 aromatic carbocycles. The lowest BCUT2D eigenvalue weighted by Crippen LogP contribution is -2.11. The average Bonchev–Trinajstić information content (AvgIpc) is 3.24. The highest BCUT2D eigenvalue weighted by atomic mass is 32.2. The van der Waals surface area contributed by atoms with E-state index in [9.17, 15) is 8.42 Å². The van der Waals surface area contributed by atoms with E-state index in [1.54, 1.807) is 12.1 Å². The molecule has 0 spiro atoms. The largest absolute Gasteiger partial charge is 0.339 e. The highest BCUT2D eigenvalue weighted by molar-refractivity contribution is 7.89. The zero-order valence-electron chi connectivity index (χ0n) is 13.6. The van der Waals surface area contributed by atoms with Gasteiger partial charge in [0.1, 0.15) is 0 Å². The molecule has 1 fully saturated rings. The van der Waals surface area contributed by atoms with Gasteiger partial charge in [-0.25, -0.2) is 13.6 Å². The maximum atomic E-state index is 11.3. The quantitative estimate of drug-likeness (QED) is 0.775. The molecule has 1 saturated carbocycles. The van der Waals surface area contributed by atoms with Gasteiger partial charge in [-0.2, -0.15) is 4.98 Å².